The minimum absolute atomic E-state index is 0.664. The average Bonchev–Trinajstić information content (AvgIpc) is 2.04. The molecule has 0 atom stereocenters. The van der Waals surface area contributed by atoms with E-state index in [1.54, 1.807) is 13.3 Å². The van der Waals surface area contributed by atoms with Gasteiger partial charge in [-0.1, -0.05) is 0 Å². The van der Waals surface area contributed by atoms with Crippen LogP contribution in [0.15, 0.2) is 18.3 Å². The first-order valence-corrected chi connectivity index (χ1v) is 3.42. The predicted molar refractivity (Wildman–Crippen MR) is 45.1 cm³/mol. The van der Waals surface area contributed by atoms with Crippen LogP contribution in [0.1, 0.15) is 0 Å². The van der Waals surface area contributed by atoms with Crippen molar-refractivity contribution in [1.29, 1.82) is 0 Å². The molecule has 1 heterocycles. The zero-order chi connectivity index (χ0) is 8.27. The summed E-state index contributed by atoms with van der Waals surface area (Å²) in [4.78, 5) is 6.02. The molecule has 0 spiro atoms. The topological polar surface area (TPSA) is 25.4 Å². The van der Waals surface area contributed by atoms with Crippen LogP contribution < -0.4 is 9.64 Å². The lowest BCUT2D eigenvalue weighted by molar-refractivity contribution is 0.398. The summed E-state index contributed by atoms with van der Waals surface area (Å²) in [7, 11) is 5.54. The number of pyridine rings is 1. The van der Waals surface area contributed by atoms with E-state index in [1.807, 2.05) is 31.1 Å². The Kier molecular flexibility index (Phi) is 2.31. The van der Waals surface area contributed by atoms with Crippen molar-refractivity contribution in [2.24, 2.45) is 0 Å². The van der Waals surface area contributed by atoms with Gasteiger partial charge in [0.15, 0.2) is 0 Å². The van der Waals surface area contributed by atoms with Crippen LogP contribution in [-0.4, -0.2) is 26.2 Å². The van der Waals surface area contributed by atoms with Crippen LogP contribution in [0.25, 0.3) is 0 Å². The Hall–Kier alpha value is -1.25. The average molecular weight is 152 g/mol. The molecule has 0 aliphatic carbocycles. The first kappa shape index (κ1) is 7.85. The fraction of sp³-hybridized carbons (Fsp3) is 0.375. The summed E-state index contributed by atoms with van der Waals surface area (Å²) < 4.78 is 5.05. The molecule has 1 rings (SSSR count). The molecular formula is C8H12N2O. The Bertz CT molecular complexity index is 235. The maximum atomic E-state index is 5.05. The van der Waals surface area contributed by atoms with E-state index >= 15 is 0 Å². The van der Waals surface area contributed by atoms with Gasteiger partial charge in [-0.3, -0.25) is 0 Å². The Balaban J connectivity index is 3.02. The number of hydrogen-bond acceptors (Lipinski definition) is 3. The SMILES string of the molecule is COc1ncccc1N(C)C. The normalized spacial score (nSPS) is 9.36. The van der Waals surface area contributed by atoms with Crippen molar-refractivity contribution in [3.05, 3.63) is 18.3 Å². The Morgan fingerprint density at radius 1 is 1.45 bits per heavy atom. The maximum Gasteiger partial charge on any atom is 0.237 e. The summed E-state index contributed by atoms with van der Waals surface area (Å²) >= 11 is 0. The smallest absolute Gasteiger partial charge is 0.237 e. The molecule has 0 saturated carbocycles. The molecule has 0 fully saturated rings. The summed E-state index contributed by atoms with van der Waals surface area (Å²) in [6.07, 6.45) is 1.71. The van der Waals surface area contributed by atoms with Crippen molar-refractivity contribution >= 4 is 5.69 Å². The fourth-order valence-corrected chi connectivity index (χ4v) is 0.880. The van der Waals surface area contributed by atoms with E-state index in [0.29, 0.717) is 5.88 Å². The van der Waals surface area contributed by atoms with Gasteiger partial charge in [-0.05, 0) is 12.1 Å². The molecule has 0 unspecified atom stereocenters. The predicted octanol–water partition coefficient (Wildman–Crippen LogP) is 1.16. The van der Waals surface area contributed by atoms with E-state index in [2.05, 4.69) is 4.98 Å². The first-order valence-electron chi connectivity index (χ1n) is 3.42. The summed E-state index contributed by atoms with van der Waals surface area (Å²) in [6, 6.07) is 3.85. The second-order valence-electron chi connectivity index (χ2n) is 2.43. The highest BCUT2D eigenvalue weighted by molar-refractivity contribution is 5.53. The molecule has 3 heteroatoms. The van der Waals surface area contributed by atoms with Gasteiger partial charge >= 0.3 is 0 Å². The Morgan fingerprint density at radius 2 is 2.18 bits per heavy atom. The lowest BCUT2D eigenvalue weighted by Gasteiger charge is -2.14. The number of aromatic nitrogens is 1. The van der Waals surface area contributed by atoms with E-state index in [1.165, 1.54) is 0 Å². The number of methoxy groups -OCH3 is 1. The van der Waals surface area contributed by atoms with Gasteiger partial charge in [-0.2, -0.15) is 0 Å². The van der Waals surface area contributed by atoms with Crippen LogP contribution in [0.2, 0.25) is 0 Å². The van der Waals surface area contributed by atoms with Gasteiger partial charge in [0.25, 0.3) is 0 Å². The van der Waals surface area contributed by atoms with E-state index in [0.717, 1.165) is 5.69 Å². The van der Waals surface area contributed by atoms with Gasteiger partial charge in [0.2, 0.25) is 5.88 Å². The zero-order valence-electron chi connectivity index (χ0n) is 7.03. The first-order chi connectivity index (χ1) is 5.25. The molecule has 3 nitrogen and oxygen atoms in total. The van der Waals surface area contributed by atoms with Gasteiger partial charge in [-0.25, -0.2) is 4.98 Å². The van der Waals surface area contributed by atoms with Crippen molar-refractivity contribution < 1.29 is 4.74 Å². The van der Waals surface area contributed by atoms with Gasteiger partial charge in [0, 0.05) is 20.3 Å². The molecule has 60 valence electrons. The quantitative estimate of drug-likeness (QED) is 0.635. The molecule has 0 radical (unpaired) electrons. The monoisotopic (exact) mass is 152 g/mol. The van der Waals surface area contributed by atoms with E-state index < -0.39 is 0 Å². The number of rotatable bonds is 2. The molecule has 0 saturated heterocycles. The van der Waals surface area contributed by atoms with Crippen molar-refractivity contribution in [1.82, 2.24) is 4.98 Å². The summed E-state index contributed by atoms with van der Waals surface area (Å²) in [5, 5.41) is 0. The molecule has 0 aliphatic rings. The summed E-state index contributed by atoms with van der Waals surface area (Å²) in [6.45, 7) is 0. The third-order valence-corrected chi connectivity index (χ3v) is 1.43. The highest BCUT2D eigenvalue weighted by Crippen LogP contribution is 2.21. The van der Waals surface area contributed by atoms with Crippen LogP contribution >= 0.6 is 0 Å². The summed E-state index contributed by atoms with van der Waals surface area (Å²) in [5.74, 6) is 0.664. The number of nitrogens with zero attached hydrogens (tertiary/aromatic N) is 2. The number of hydrogen-bond donors (Lipinski definition) is 0. The maximum absolute atomic E-state index is 5.05. The van der Waals surface area contributed by atoms with Crippen LogP contribution in [0.4, 0.5) is 5.69 Å². The van der Waals surface area contributed by atoms with Crippen molar-refractivity contribution in [3.8, 4) is 5.88 Å². The van der Waals surface area contributed by atoms with Crippen molar-refractivity contribution in [2.45, 2.75) is 0 Å². The van der Waals surface area contributed by atoms with Gasteiger partial charge in [-0.15, -0.1) is 0 Å². The van der Waals surface area contributed by atoms with Crippen molar-refractivity contribution in [3.63, 3.8) is 0 Å². The van der Waals surface area contributed by atoms with E-state index in [4.69, 9.17) is 4.74 Å². The van der Waals surface area contributed by atoms with Gasteiger partial charge < -0.3 is 9.64 Å². The summed E-state index contributed by atoms with van der Waals surface area (Å²) in [5.41, 5.74) is 0.995. The minimum atomic E-state index is 0.664. The van der Waals surface area contributed by atoms with Crippen LogP contribution in [-0.2, 0) is 0 Å². The van der Waals surface area contributed by atoms with Gasteiger partial charge in [0.1, 0.15) is 0 Å². The third-order valence-electron chi connectivity index (χ3n) is 1.43. The molecule has 0 N–H and O–H groups in total. The van der Waals surface area contributed by atoms with Crippen LogP contribution in [0, 0.1) is 0 Å². The lowest BCUT2D eigenvalue weighted by atomic mass is 10.4. The molecule has 0 bridgehead atoms. The van der Waals surface area contributed by atoms with Crippen molar-refractivity contribution in [2.75, 3.05) is 26.1 Å². The molecular weight excluding hydrogens is 140 g/mol. The number of anilines is 1. The minimum Gasteiger partial charge on any atom is -0.480 e. The second kappa shape index (κ2) is 3.23. The molecule has 0 amide bonds. The molecule has 1 aromatic rings. The lowest BCUT2D eigenvalue weighted by Crippen LogP contribution is -2.10. The molecule has 11 heavy (non-hydrogen) atoms. The highest BCUT2D eigenvalue weighted by atomic mass is 16.5. The zero-order valence-corrected chi connectivity index (χ0v) is 7.03. The molecule has 0 aliphatic heterocycles. The van der Waals surface area contributed by atoms with Crippen LogP contribution in [0.5, 0.6) is 5.88 Å². The standard InChI is InChI=1S/C8H12N2O/c1-10(2)7-5-4-6-9-8(7)11-3/h4-6H,1-3H3. The largest absolute Gasteiger partial charge is 0.480 e. The third kappa shape index (κ3) is 1.61. The highest BCUT2D eigenvalue weighted by Gasteiger charge is 2.02. The fourth-order valence-electron chi connectivity index (χ4n) is 0.880. The Morgan fingerprint density at radius 3 is 2.64 bits per heavy atom. The van der Waals surface area contributed by atoms with E-state index in [-0.39, 0.29) is 0 Å². The second-order valence-corrected chi connectivity index (χ2v) is 2.43. The van der Waals surface area contributed by atoms with E-state index in [9.17, 15) is 0 Å². The molecule has 1 aromatic heterocycles. The Labute approximate surface area is 66.6 Å². The number of ether oxygens (including phenoxy) is 1. The molecule has 0 aromatic carbocycles. The van der Waals surface area contributed by atoms with Crippen LogP contribution in [0.3, 0.4) is 0 Å². The van der Waals surface area contributed by atoms with Gasteiger partial charge in [0.05, 0.1) is 12.8 Å².